The lowest BCUT2D eigenvalue weighted by molar-refractivity contribution is -0.122. The number of hydrogen-bond donors (Lipinski definition) is 1. The summed E-state index contributed by atoms with van der Waals surface area (Å²) in [5.41, 5.74) is 2.53. The maximum Gasteiger partial charge on any atom is 0.335 e. The summed E-state index contributed by atoms with van der Waals surface area (Å²) in [6.45, 7) is 4.38. The Labute approximate surface area is 230 Å². The van der Waals surface area contributed by atoms with Crippen LogP contribution in [0.3, 0.4) is 0 Å². The van der Waals surface area contributed by atoms with Crippen molar-refractivity contribution in [3.63, 3.8) is 0 Å². The Balaban J connectivity index is 1.68. The van der Waals surface area contributed by atoms with Crippen molar-refractivity contribution in [1.82, 2.24) is 5.32 Å². The van der Waals surface area contributed by atoms with E-state index in [4.69, 9.17) is 9.47 Å². The number of benzene rings is 3. The van der Waals surface area contributed by atoms with E-state index in [0.717, 1.165) is 24.1 Å². The van der Waals surface area contributed by atoms with Crippen LogP contribution in [0, 0.1) is 10.5 Å². The number of urea groups is 1. The number of anilines is 1. The molecular weight excluding hydrogens is 639 g/mol. The first-order chi connectivity index (χ1) is 17.3. The molecule has 4 amide bonds. The van der Waals surface area contributed by atoms with Crippen LogP contribution in [0.1, 0.15) is 23.6 Å². The third-order valence-electron chi connectivity index (χ3n) is 5.43. The van der Waals surface area contributed by atoms with Crippen LogP contribution in [0.2, 0.25) is 0 Å². The number of carbonyl (C=O) groups excluding carboxylic acids is 3. The SMILES string of the molecule is CCOc1cc(/C=C2\C(=O)NC(=O)N(c3ccccc3C)C2=O)cc(I)c1OCc1ccccc1Br. The Morgan fingerprint density at radius 1 is 1.03 bits per heavy atom. The summed E-state index contributed by atoms with van der Waals surface area (Å²) in [4.78, 5) is 39.4. The van der Waals surface area contributed by atoms with Gasteiger partial charge in [-0.2, -0.15) is 0 Å². The molecule has 0 radical (unpaired) electrons. The van der Waals surface area contributed by atoms with Crippen LogP contribution in [0.15, 0.2) is 70.7 Å². The lowest BCUT2D eigenvalue weighted by Gasteiger charge is -2.27. The van der Waals surface area contributed by atoms with Gasteiger partial charge in [0.25, 0.3) is 11.8 Å². The van der Waals surface area contributed by atoms with Gasteiger partial charge in [-0.3, -0.25) is 14.9 Å². The predicted molar refractivity (Wildman–Crippen MR) is 149 cm³/mol. The van der Waals surface area contributed by atoms with E-state index in [1.54, 1.807) is 37.3 Å². The molecule has 184 valence electrons. The van der Waals surface area contributed by atoms with E-state index in [1.165, 1.54) is 6.08 Å². The molecule has 7 nitrogen and oxygen atoms in total. The molecule has 3 aromatic carbocycles. The number of barbiturate groups is 1. The fraction of sp³-hybridized carbons (Fsp3) is 0.148. The van der Waals surface area contributed by atoms with Gasteiger partial charge in [0.1, 0.15) is 12.2 Å². The van der Waals surface area contributed by atoms with Gasteiger partial charge in [0.2, 0.25) is 0 Å². The highest BCUT2D eigenvalue weighted by Crippen LogP contribution is 2.36. The Hall–Kier alpha value is -3.18. The minimum atomic E-state index is -0.781. The van der Waals surface area contributed by atoms with Crippen molar-refractivity contribution in [3.8, 4) is 11.5 Å². The molecule has 1 heterocycles. The van der Waals surface area contributed by atoms with Crippen molar-refractivity contribution in [3.05, 3.63) is 91.0 Å². The average molecular weight is 661 g/mol. The zero-order chi connectivity index (χ0) is 25.8. The van der Waals surface area contributed by atoms with Gasteiger partial charge in [-0.15, -0.1) is 0 Å². The zero-order valence-corrected chi connectivity index (χ0v) is 23.3. The molecular formula is C27H22BrIN2O5. The number of hydrogen-bond acceptors (Lipinski definition) is 5. The highest BCUT2D eigenvalue weighted by molar-refractivity contribution is 14.1. The van der Waals surface area contributed by atoms with Crippen molar-refractivity contribution in [2.75, 3.05) is 11.5 Å². The first kappa shape index (κ1) is 25.9. The van der Waals surface area contributed by atoms with Crippen molar-refractivity contribution < 1.29 is 23.9 Å². The van der Waals surface area contributed by atoms with Crippen LogP contribution in [0.4, 0.5) is 10.5 Å². The van der Waals surface area contributed by atoms with E-state index in [1.807, 2.05) is 37.3 Å². The lowest BCUT2D eigenvalue weighted by atomic mass is 10.1. The van der Waals surface area contributed by atoms with Gasteiger partial charge < -0.3 is 9.47 Å². The molecule has 9 heteroatoms. The highest BCUT2D eigenvalue weighted by atomic mass is 127. The van der Waals surface area contributed by atoms with Gasteiger partial charge in [-0.25, -0.2) is 9.69 Å². The van der Waals surface area contributed by atoms with Crippen molar-refractivity contribution in [2.24, 2.45) is 0 Å². The Morgan fingerprint density at radius 3 is 2.47 bits per heavy atom. The Morgan fingerprint density at radius 2 is 1.75 bits per heavy atom. The first-order valence-electron chi connectivity index (χ1n) is 11.1. The van der Waals surface area contributed by atoms with Crippen LogP contribution in [0.5, 0.6) is 11.5 Å². The molecule has 1 N–H and O–H groups in total. The maximum absolute atomic E-state index is 13.3. The second kappa shape index (κ2) is 11.3. The van der Waals surface area contributed by atoms with Crippen molar-refractivity contribution in [1.29, 1.82) is 0 Å². The van der Waals surface area contributed by atoms with Gasteiger partial charge in [-0.1, -0.05) is 52.3 Å². The van der Waals surface area contributed by atoms with Crippen molar-refractivity contribution >= 4 is 68.1 Å². The monoisotopic (exact) mass is 660 g/mol. The fourth-order valence-corrected chi connectivity index (χ4v) is 4.88. The molecule has 0 atom stereocenters. The first-order valence-corrected chi connectivity index (χ1v) is 13.0. The molecule has 1 saturated heterocycles. The lowest BCUT2D eigenvalue weighted by Crippen LogP contribution is -2.54. The minimum Gasteiger partial charge on any atom is -0.490 e. The van der Waals surface area contributed by atoms with Crippen LogP contribution < -0.4 is 19.7 Å². The number of ether oxygens (including phenoxy) is 2. The summed E-state index contributed by atoms with van der Waals surface area (Å²) in [5.74, 6) is -0.400. The summed E-state index contributed by atoms with van der Waals surface area (Å²) in [5, 5.41) is 2.26. The van der Waals surface area contributed by atoms with Gasteiger partial charge in [0.15, 0.2) is 11.5 Å². The summed E-state index contributed by atoms with van der Waals surface area (Å²) >= 11 is 5.66. The van der Waals surface area contributed by atoms with E-state index < -0.39 is 17.8 Å². The van der Waals surface area contributed by atoms with Crippen LogP contribution in [-0.4, -0.2) is 24.5 Å². The predicted octanol–water partition coefficient (Wildman–Crippen LogP) is 6.01. The molecule has 1 fully saturated rings. The average Bonchev–Trinajstić information content (AvgIpc) is 2.83. The van der Waals surface area contributed by atoms with Gasteiger partial charge in [-0.05, 0) is 77.9 Å². The fourth-order valence-electron chi connectivity index (χ4n) is 3.70. The second-order valence-electron chi connectivity index (χ2n) is 7.89. The number of halogens is 2. The molecule has 0 bridgehead atoms. The second-order valence-corrected chi connectivity index (χ2v) is 9.90. The van der Waals surface area contributed by atoms with Gasteiger partial charge >= 0.3 is 6.03 Å². The third kappa shape index (κ3) is 5.46. The largest absolute Gasteiger partial charge is 0.490 e. The standard InChI is InChI=1S/C27H22BrIN2O5/c1-3-35-23-14-17(13-21(29)24(23)36-15-18-9-5-6-10-20(18)28)12-19-25(32)30-27(34)31(26(19)33)22-11-7-4-8-16(22)2/h4-14H,3,15H2,1-2H3,(H,30,32,34)/b19-12+. The number of amides is 4. The van der Waals surface area contributed by atoms with E-state index in [-0.39, 0.29) is 5.57 Å². The molecule has 4 rings (SSSR count). The number of rotatable bonds is 7. The van der Waals surface area contributed by atoms with Gasteiger partial charge in [0.05, 0.1) is 15.9 Å². The van der Waals surface area contributed by atoms with E-state index in [0.29, 0.717) is 36.0 Å². The van der Waals surface area contributed by atoms with E-state index in [9.17, 15) is 14.4 Å². The maximum atomic E-state index is 13.3. The Kier molecular flexibility index (Phi) is 8.10. The molecule has 0 aromatic heterocycles. The third-order valence-corrected chi connectivity index (χ3v) is 7.01. The normalized spacial score (nSPS) is 14.7. The van der Waals surface area contributed by atoms with Crippen LogP contribution in [0.25, 0.3) is 6.08 Å². The van der Waals surface area contributed by atoms with Crippen LogP contribution in [-0.2, 0) is 16.2 Å². The number of carbonyl (C=O) groups is 3. The molecule has 0 spiro atoms. The molecule has 1 aliphatic heterocycles. The van der Waals surface area contributed by atoms with Crippen LogP contribution >= 0.6 is 38.5 Å². The quantitative estimate of drug-likeness (QED) is 0.191. The summed E-state index contributed by atoms with van der Waals surface area (Å²) in [6.07, 6.45) is 1.46. The van der Waals surface area contributed by atoms with E-state index >= 15 is 0 Å². The minimum absolute atomic E-state index is 0.155. The van der Waals surface area contributed by atoms with Gasteiger partial charge in [0, 0.05) is 10.0 Å². The smallest absolute Gasteiger partial charge is 0.335 e. The summed E-state index contributed by atoms with van der Waals surface area (Å²) in [7, 11) is 0. The molecule has 36 heavy (non-hydrogen) atoms. The summed E-state index contributed by atoms with van der Waals surface area (Å²) in [6, 6.07) is 17.5. The Bertz CT molecular complexity index is 1390. The summed E-state index contributed by atoms with van der Waals surface area (Å²) < 4.78 is 13.6. The molecule has 0 saturated carbocycles. The number of nitrogens with zero attached hydrogens (tertiary/aromatic N) is 1. The zero-order valence-electron chi connectivity index (χ0n) is 19.5. The molecule has 3 aromatic rings. The molecule has 0 unspecified atom stereocenters. The highest BCUT2D eigenvalue weighted by Gasteiger charge is 2.37. The number of aryl methyl sites for hydroxylation is 1. The number of para-hydroxylation sites is 1. The molecule has 0 aliphatic carbocycles. The van der Waals surface area contributed by atoms with E-state index in [2.05, 4.69) is 43.8 Å². The number of nitrogens with one attached hydrogen (secondary N) is 1. The topological polar surface area (TPSA) is 84.9 Å². The number of imide groups is 2. The molecule has 1 aliphatic rings. The van der Waals surface area contributed by atoms with Crippen molar-refractivity contribution in [2.45, 2.75) is 20.5 Å².